The third-order valence-corrected chi connectivity index (χ3v) is 4.06. The molecule has 1 amide bonds. The Labute approximate surface area is 155 Å². The number of amides is 1. The Morgan fingerprint density at radius 3 is 2.59 bits per heavy atom. The van der Waals surface area contributed by atoms with Crippen LogP contribution in [0.25, 0.3) is 0 Å². The van der Waals surface area contributed by atoms with Crippen LogP contribution in [0.1, 0.15) is 26.7 Å². The van der Waals surface area contributed by atoms with Gasteiger partial charge in [0.15, 0.2) is 0 Å². The lowest BCUT2D eigenvalue weighted by atomic mass is 9.76. The summed E-state index contributed by atoms with van der Waals surface area (Å²) in [5, 5.41) is 42.3. The fourth-order valence-electron chi connectivity index (χ4n) is 2.51. The van der Waals surface area contributed by atoms with Crippen LogP contribution in [-0.4, -0.2) is 38.2 Å². The van der Waals surface area contributed by atoms with Crippen molar-refractivity contribution in [2.45, 2.75) is 32.8 Å². The van der Waals surface area contributed by atoms with Crippen LogP contribution in [0.5, 0.6) is 0 Å². The molecule has 0 aromatic carbocycles. The molecule has 1 unspecified atom stereocenters. The Hall–Kier alpha value is -3.20. The SMILES string of the molecule is C=C/C(=C\C(=C/C)NC(=O)CC1(C)C=CC([N+](=O)[O-])=C(O)[C@H]1O)CC(=O)O. The standard InChI is InChI=1S/C18H22N2O7/c1-4-11(9-15(22)23)8-12(5-2)19-14(21)10-18(3)7-6-13(20(26)27)16(24)17(18)25/h4-8,17,24-25H,1,9-10H2,2-3H3,(H,19,21)(H,22,23)/b11-8+,12-5+/t17-,18?/m1/s1. The number of carboxylic acids is 1. The highest BCUT2D eigenvalue weighted by Crippen LogP contribution is 2.36. The van der Waals surface area contributed by atoms with E-state index in [4.69, 9.17) is 5.11 Å². The maximum Gasteiger partial charge on any atom is 0.308 e. The van der Waals surface area contributed by atoms with Crippen LogP contribution < -0.4 is 5.32 Å². The van der Waals surface area contributed by atoms with Crippen molar-refractivity contribution in [3.05, 3.63) is 69.8 Å². The Morgan fingerprint density at radius 1 is 1.48 bits per heavy atom. The summed E-state index contributed by atoms with van der Waals surface area (Å²) in [4.78, 5) is 33.1. The van der Waals surface area contributed by atoms with Gasteiger partial charge in [-0.05, 0) is 18.6 Å². The van der Waals surface area contributed by atoms with Gasteiger partial charge in [0, 0.05) is 23.6 Å². The molecule has 1 rings (SSSR count). The van der Waals surface area contributed by atoms with Gasteiger partial charge < -0.3 is 20.6 Å². The topological polar surface area (TPSA) is 150 Å². The number of nitrogens with one attached hydrogen (secondary N) is 1. The fraction of sp³-hybridized carbons (Fsp3) is 0.333. The molecule has 9 heteroatoms. The van der Waals surface area contributed by atoms with Crippen molar-refractivity contribution in [1.82, 2.24) is 5.32 Å². The second kappa shape index (κ2) is 8.95. The molecule has 0 saturated carbocycles. The normalized spacial score (nSPS) is 23.1. The van der Waals surface area contributed by atoms with E-state index in [1.165, 1.54) is 25.2 Å². The Morgan fingerprint density at radius 2 is 2.11 bits per heavy atom. The largest absolute Gasteiger partial charge is 0.504 e. The Balaban J connectivity index is 2.91. The van der Waals surface area contributed by atoms with Gasteiger partial charge in [0.05, 0.1) is 11.3 Å². The summed E-state index contributed by atoms with van der Waals surface area (Å²) < 4.78 is 0. The second-order valence-corrected chi connectivity index (χ2v) is 6.23. The molecule has 0 heterocycles. The van der Waals surface area contributed by atoms with Crippen molar-refractivity contribution in [3.63, 3.8) is 0 Å². The van der Waals surface area contributed by atoms with E-state index in [-0.39, 0.29) is 12.8 Å². The van der Waals surface area contributed by atoms with Crippen molar-refractivity contribution in [2.75, 3.05) is 0 Å². The number of aliphatic hydroxyl groups excluding tert-OH is 2. The van der Waals surface area contributed by atoms with Gasteiger partial charge >= 0.3 is 11.7 Å². The molecule has 2 atom stereocenters. The van der Waals surface area contributed by atoms with Gasteiger partial charge in [-0.1, -0.05) is 31.7 Å². The first-order valence-corrected chi connectivity index (χ1v) is 7.99. The molecule has 0 aromatic rings. The van der Waals surface area contributed by atoms with Gasteiger partial charge in [0.25, 0.3) is 0 Å². The lowest BCUT2D eigenvalue weighted by molar-refractivity contribution is -0.423. The molecule has 4 N–H and O–H groups in total. The summed E-state index contributed by atoms with van der Waals surface area (Å²) in [5.74, 6) is -2.38. The molecule has 0 aromatic heterocycles. The molecule has 0 aliphatic heterocycles. The smallest absolute Gasteiger partial charge is 0.308 e. The molecule has 0 bridgehead atoms. The molecule has 9 nitrogen and oxygen atoms in total. The van der Waals surface area contributed by atoms with Crippen LogP contribution in [0, 0.1) is 15.5 Å². The molecule has 0 fully saturated rings. The first-order chi connectivity index (χ1) is 12.5. The number of carbonyl (C=O) groups is 2. The highest BCUT2D eigenvalue weighted by molar-refractivity contribution is 5.80. The zero-order chi connectivity index (χ0) is 20.8. The van der Waals surface area contributed by atoms with Gasteiger partial charge in [0.2, 0.25) is 11.7 Å². The monoisotopic (exact) mass is 378 g/mol. The van der Waals surface area contributed by atoms with Crippen molar-refractivity contribution >= 4 is 11.9 Å². The summed E-state index contributed by atoms with van der Waals surface area (Å²) in [6.07, 6.45) is 4.58. The lowest BCUT2D eigenvalue weighted by Gasteiger charge is -2.32. The van der Waals surface area contributed by atoms with Crippen molar-refractivity contribution in [1.29, 1.82) is 0 Å². The van der Waals surface area contributed by atoms with Gasteiger partial charge in [0.1, 0.15) is 6.10 Å². The highest BCUT2D eigenvalue weighted by atomic mass is 16.6. The summed E-state index contributed by atoms with van der Waals surface area (Å²) in [6.45, 7) is 6.64. The molecule has 0 saturated heterocycles. The number of nitro groups is 1. The van der Waals surface area contributed by atoms with Gasteiger partial charge in [-0.25, -0.2) is 0 Å². The average Bonchev–Trinajstić information content (AvgIpc) is 2.57. The molecule has 27 heavy (non-hydrogen) atoms. The number of aliphatic hydroxyl groups is 2. The van der Waals surface area contributed by atoms with Gasteiger partial charge in [-0.15, -0.1) is 0 Å². The maximum absolute atomic E-state index is 12.3. The minimum absolute atomic E-state index is 0.266. The molecule has 0 spiro atoms. The minimum Gasteiger partial charge on any atom is -0.504 e. The van der Waals surface area contributed by atoms with Gasteiger partial charge in [-0.2, -0.15) is 0 Å². The lowest BCUT2D eigenvalue weighted by Crippen LogP contribution is -2.40. The zero-order valence-electron chi connectivity index (χ0n) is 15.0. The minimum atomic E-state index is -1.62. The van der Waals surface area contributed by atoms with Crippen LogP contribution in [0.15, 0.2) is 59.7 Å². The molecular formula is C18H22N2O7. The van der Waals surface area contributed by atoms with Crippen molar-refractivity contribution in [3.8, 4) is 0 Å². The van der Waals surface area contributed by atoms with E-state index in [0.29, 0.717) is 11.3 Å². The van der Waals surface area contributed by atoms with Crippen LogP contribution in [-0.2, 0) is 9.59 Å². The number of hydrogen-bond acceptors (Lipinski definition) is 6. The third-order valence-electron chi connectivity index (χ3n) is 4.06. The van der Waals surface area contributed by atoms with E-state index in [2.05, 4.69) is 11.9 Å². The zero-order valence-corrected chi connectivity index (χ0v) is 15.0. The number of aliphatic carboxylic acids is 1. The van der Waals surface area contributed by atoms with Crippen LogP contribution in [0.4, 0.5) is 0 Å². The van der Waals surface area contributed by atoms with Crippen LogP contribution >= 0.6 is 0 Å². The molecule has 1 aliphatic rings. The third kappa shape index (κ3) is 5.65. The number of carboxylic acid groups (broad SMARTS) is 1. The molecule has 146 valence electrons. The quantitative estimate of drug-likeness (QED) is 0.286. The highest BCUT2D eigenvalue weighted by Gasteiger charge is 2.42. The summed E-state index contributed by atoms with van der Waals surface area (Å²) >= 11 is 0. The predicted molar refractivity (Wildman–Crippen MR) is 97.0 cm³/mol. The van der Waals surface area contributed by atoms with Gasteiger partial charge in [-0.3, -0.25) is 19.7 Å². The average molecular weight is 378 g/mol. The number of nitrogens with zero attached hydrogens (tertiary/aromatic N) is 1. The Kier molecular flexibility index (Phi) is 7.24. The molecular weight excluding hydrogens is 356 g/mol. The van der Waals surface area contributed by atoms with E-state index in [9.17, 15) is 29.9 Å². The maximum atomic E-state index is 12.3. The van der Waals surface area contributed by atoms with E-state index < -0.39 is 39.8 Å². The van der Waals surface area contributed by atoms with Crippen molar-refractivity contribution < 1.29 is 29.8 Å². The van der Waals surface area contributed by atoms with Crippen LogP contribution in [0.3, 0.4) is 0 Å². The van der Waals surface area contributed by atoms with E-state index in [0.717, 1.165) is 6.08 Å². The Bertz CT molecular complexity index is 777. The summed E-state index contributed by atoms with van der Waals surface area (Å²) in [6, 6.07) is 0. The first kappa shape index (κ1) is 21.8. The second-order valence-electron chi connectivity index (χ2n) is 6.23. The number of rotatable bonds is 8. The number of carbonyl (C=O) groups excluding carboxylic acids is 1. The summed E-state index contributed by atoms with van der Waals surface area (Å²) in [7, 11) is 0. The van der Waals surface area contributed by atoms with E-state index in [1.54, 1.807) is 13.0 Å². The first-order valence-electron chi connectivity index (χ1n) is 7.99. The number of hydrogen-bond donors (Lipinski definition) is 4. The molecule has 1 aliphatic carbocycles. The number of allylic oxidation sites excluding steroid dienone is 4. The van der Waals surface area contributed by atoms with E-state index in [1.807, 2.05) is 0 Å². The fourth-order valence-corrected chi connectivity index (χ4v) is 2.51. The summed E-state index contributed by atoms with van der Waals surface area (Å²) in [5.41, 5.74) is -1.16. The van der Waals surface area contributed by atoms with Crippen molar-refractivity contribution in [2.24, 2.45) is 5.41 Å². The van der Waals surface area contributed by atoms with Crippen LogP contribution in [0.2, 0.25) is 0 Å². The predicted octanol–water partition coefficient (Wildman–Crippen LogP) is 1.97. The van der Waals surface area contributed by atoms with E-state index >= 15 is 0 Å². The molecule has 0 radical (unpaired) electrons.